The number of benzene rings is 1. The van der Waals surface area contributed by atoms with Crippen molar-refractivity contribution in [3.05, 3.63) is 45.8 Å². The maximum absolute atomic E-state index is 11.8. The summed E-state index contributed by atoms with van der Waals surface area (Å²) < 4.78 is 5.36. The molecule has 1 aromatic heterocycles. The smallest absolute Gasteiger partial charge is 0.336 e. The third kappa shape index (κ3) is 2.46. The molecule has 0 radical (unpaired) electrons. The van der Waals surface area contributed by atoms with E-state index in [1.54, 1.807) is 6.07 Å². The van der Waals surface area contributed by atoms with Gasteiger partial charge in [0.2, 0.25) is 0 Å². The summed E-state index contributed by atoms with van der Waals surface area (Å²) in [5, 5.41) is 4.56. The fourth-order valence-electron chi connectivity index (χ4n) is 4.02. The van der Waals surface area contributed by atoms with Crippen LogP contribution in [0.2, 0.25) is 0 Å². The van der Waals surface area contributed by atoms with Crippen LogP contribution in [-0.2, 0) is 6.54 Å². The van der Waals surface area contributed by atoms with Gasteiger partial charge in [0.05, 0.1) is 0 Å². The van der Waals surface area contributed by atoms with Crippen LogP contribution in [0.5, 0.6) is 0 Å². The molecule has 4 heteroatoms. The molecule has 1 unspecified atom stereocenters. The number of fused-ring (bicyclic) bond motifs is 1. The van der Waals surface area contributed by atoms with E-state index < -0.39 is 0 Å². The van der Waals surface area contributed by atoms with E-state index in [-0.39, 0.29) is 5.63 Å². The fraction of sp³-hybridized carbons (Fsp3) is 0.500. The summed E-state index contributed by atoms with van der Waals surface area (Å²) in [5.74, 6) is 0. The molecule has 0 aliphatic carbocycles. The van der Waals surface area contributed by atoms with E-state index >= 15 is 0 Å². The van der Waals surface area contributed by atoms with Gasteiger partial charge in [-0.05, 0) is 55.5 Å². The van der Waals surface area contributed by atoms with Crippen LogP contribution in [0.3, 0.4) is 0 Å². The van der Waals surface area contributed by atoms with E-state index in [1.807, 2.05) is 13.0 Å². The molecule has 1 atom stereocenters. The van der Waals surface area contributed by atoms with Gasteiger partial charge < -0.3 is 9.73 Å². The van der Waals surface area contributed by atoms with Crippen LogP contribution < -0.4 is 10.9 Å². The van der Waals surface area contributed by atoms with Crippen molar-refractivity contribution in [3.63, 3.8) is 0 Å². The van der Waals surface area contributed by atoms with Crippen LogP contribution in [0.25, 0.3) is 11.0 Å². The maximum atomic E-state index is 11.8. The van der Waals surface area contributed by atoms with E-state index in [0.29, 0.717) is 11.0 Å². The van der Waals surface area contributed by atoms with Crippen molar-refractivity contribution in [3.8, 4) is 0 Å². The molecule has 0 bridgehead atoms. The minimum atomic E-state index is -0.246. The molecule has 4 nitrogen and oxygen atoms in total. The van der Waals surface area contributed by atoms with Crippen LogP contribution in [0, 0.1) is 12.3 Å². The maximum Gasteiger partial charge on any atom is 0.336 e. The molecule has 22 heavy (non-hydrogen) atoms. The number of nitrogens with zero attached hydrogens (tertiary/aromatic N) is 1. The molecule has 0 amide bonds. The van der Waals surface area contributed by atoms with Gasteiger partial charge in [0, 0.05) is 31.1 Å². The van der Waals surface area contributed by atoms with Crippen molar-refractivity contribution in [2.45, 2.75) is 26.3 Å². The van der Waals surface area contributed by atoms with Crippen LogP contribution in [0.15, 0.2) is 33.5 Å². The first-order valence-electron chi connectivity index (χ1n) is 8.10. The Bertz CT molecular complexity index is 759. The zero-order valence-electron chi connectivity index (χ0n) is 13.0. The average molecular weight is 298 g/mol. The molecular formula is C18H22N2O2. The molecule has 2 fully saturated rings. The molecular weight excluding hydrogens is 276 g/mol. The lowest BCUT2D eigenvalue weighted by Crippen LogP contribution is -2.29. The lowest BCUT2D eigenvalue weighted by Gasteiger charge is -2.23. The topological polar surface area (TPSA) is 45.5 Å². The van der Waals surface area contributed by atoms with Crippen LogP contribution in [0.4, 0.5) is 0 Å². The molecule has 1 N–H and O–H groups in total. The highest BCUT2D eigenvalue weighted by molar-refractivity contribution is 5.80. The van der Waals surface area contributed by atoms with Crippen molar-refractivity contribution in [2.75, 3.05) is 26.2 Å². The van der Waals surface area contributed by atoms with E-state index in [0.717, 1.165) is 49.2 Å². The van der Waals surface area contributed by atoms with Gasteiger partial charge in [-0.15, -0.1) is 0 Å². The summed E-state index contributed by atoms with van der Waals surface area (Å²) >= 11 is 0. The van der Waals surface area contributed by atoms with Crippen LogP contribution in [-0.4, -0.2) is 31.1 Å². The molecule has 116 valence electrons. The van der Waals surface area contributed by atoms with Gasteiger partial charge in [-0.2, -0.15) is 0 Å². The van der Waals surface area contributed by atoms with Crippen molar-refractivity contribution in [1.29, 1.82) is 0 Å². The second kappa shape index (κ2) is 5.21. The Hall–Kier alpha value is -1.65. The molecule has 2 aliphatic rings. The Balaban J connectivity index is 1.63. The van der Waals surface area contributed by atoms with Gasteiger partial charge in [-0.3, -0.25) is 4.90 Å². The molecule has 0 saturated carbocycles. The van der Waals surface area contributed by atoms with E-state index in [9.17, 15) is 4.79 Å². The summed E-state index contributed by atoms with van der Waals surface area (Å²) in [6, 6.07) is 7.77. The van der Waals surface area contributed by atoms with Crippen molar-refractivity contribution in [2.24, 2.45) is 5.41 Å². The first-order chi connectivity index (χ1) is 10.6. The number of hydrogen-bond acceptors (Lipinski definition) is 4. The molecule has 3 heterocycles. The number of hydrogen-bond donors (Lipinski definition) is 1. The van der Waals surface area contributed by atoms with E-state index in [4.69, 9.17) is 4.42 Å². The summed E-state index contributed by atoms with van der Waals surface area (Å²) in [6.07, 6.45) is 2.54. The first kappa shape index (κ1) is 14.0. The minimum Gasteiger partial charge on any atom is -0.423 e. The second-order valence-electron chi connectivity index (χ2n) is 6.98. The zero-order valence-corrected chi connectivity index (χ0v) is 13.0. The third-order valence-corrected chi connectivity index (χ3v) is 5.23. The SMILES string of the molecule is Cc1ccc2c(CN3CCC4(CCNC4)C3)cc(=O)oc2c1. The summed E-state index contributed by atoms with van der Waals surface area (Å²) in [5.41, 5.74) is 3.13. The van der Waals surface area contributed by atoms with Gasteiger partial charge in [0.25, 0.3) is 0 Å². The van der Waals surface area contributed by atoms with Crippen LogP contribution in [0.1, 0.15) is 24.0 Å². The van der Waals surface area contributed by atoms with E-state index in [2.05, 4.69) is 22.3 Å². The number of aryl methyl sites for hydroxylation is 1. The second-order valence-corrected chi connectivity index (χ2v) is 6.98. The molecule has 2 aromatic rings. The number of nitrogens with one attached hydrogen (secondary N) is 1. The Kier molecular flexibility index (Phi) is 3.31. The quantitative estimate of drug-likeness (QED) is 0.864. The normalized spacial score (nSPS) is 25.5. The predicted octanol–water partition coefficient (Wildman–Crippen LogP) is 2.29. The van der Waals surface area contributed by atoms with E-state index in [1.165, 1.54) is 12.8 Å². The van der Waals surface area contributed by atoms with Gasteiger partial charge in [-0.25, -0.2) is 4.79 Å². The summed E-state index contributed by atoms with van der Waals surface area (Å²) in [4.78, 5) is 14.3. The first-order valence-corrected chi connectivity index (χ1v) is 8.10. The molecule has 2 aliphatic heterocycles. The summed E-state index contributed by atoms with van der Waals surface area (Å²) in [6.45, 7) is 7.39. The fourth-order valence-corrected chi connectivity index (χ4v) is 4.02. The van der Waals surface area contributed by atoms with Gasteiger partial charge in [0.15, 0.2) is 0 Å². The highest BCUT2D eigenvalue weighted by Gasteiger charge is 2.40. The Labute approximate surface area is 130 Å². The van der Waals surface area contributed by atoms with Crippen molar-refractivity contribution in [1.82, 2.24) is 10.2 Å². The van der Waals surface area contributed by atoms with Crippen LogP contribution >= 0.6 is 0 Å². The monoisotopic (exact) mass is 298 g/mol. The summed E-state index contributed by atoms with van der Waals surface area (Å²) in [7, 11) is 0. The predicted molar refractivity (Wildman–Crippen MR) is 87.0 cm³/mol. The number of likely N-dealkylation sites (tertiary alicyclic amines) is 1. The highest BCUT2D eigenvalue weighted by Crippen LogP contribution is 2.36. The zero-order chi connectivity index (χ0) is 15.2. The van der Waals surface area contributed by atoms with Crippen molar-refractivity contribution >= 4 is 11.0 Å². The lowest BCUT2D eigenvalue weighted by atomic mass is 9.86. The Morgan fingerprint density at radius 2 is 2.23 bits per heavy atom. The molecule has 1 aromatic carbocycles. The Morgan fingerprint density at radius 1 is 1.32 bits per heavy atom. The van der Waals surface area contributed by atoms with Gasteiger partial charge >= 0.3 is 5.63 Å². The lowest BCUT2D eigenvalue weighted by molar-refractivity contribution is 0.269. The Morgan fingerprint density at radius 3 is 3.05 bits per heavy atom. The molecule has 2 saturated heterocycles. The number of rotatable bonds is 2. The highest BCUT2D eigenvalue weighted by atomic mass is 16.4. The molecule has 1 spiro atoms. The van der Waals surface area contributed by atoms with Gasteiger partial charge in [-0.1, -0.05) is 12.1 Å². The minimum absolute atomic E-state index is 0.246. The van der Waals surface area contributed by atoms with Gasteiger partial charge in [0.1, 0.15) is 5.58 Å². The van der Waals surface area contributed by atoms with Crippen molar-refractivity contribution < 1.29 is 4.42 Å². The average Bonchev–Trinajstić information content (AvgIpc) is 3.09. The molecule has 4 rings (SSSR count). The standard InChI is InChI=1S/C18H22N2O2/c1-13-2-3-15-14(9-17(21)22-16(15)8-13)10-20-7-5-18(12-20)4-6-19-11-18/h2-3,8-9,19H,4-7,10-12H2,1H3. The third-order valence-electron chi connectivity index (χ3n) is 5.23. The largest absolute Gasteiger partial charge is 0.423 e.